The van der Waals surface area contributed by atoms with E-state index in [4.69, 9.17) is 10.1 Å². The average molecular weight is 478 g/mol. The van der Waals surface area contributed by atoms with Crippen molar-refractivity contribution in [3.8, 4) is 11.4 Å². The van der Waals surface area contributed by atoms with E-state index >= 15 is 0 Å². The molecule has 0 fully saturated rings. The number of nitroso groups, excluding NO2 is 1. The molecule has 2 aromatic heterocycles. The quantitative estimate of drug-likeness (QED) is 0.285. The fourth-order valence-corrected chi connectivity index (χ4v) is 3.66. The van der Waals surface area contributed by atoms with Crippen LogP contribution < -0.4 is 5.56 Å². The molecule has 35 heavy (non-hydrogen) atoms. The van der Waals surface area contributed by atoms with Crippen molar-refractivity contribution in [2.75, 3.05) is 0 Å². The minimum absolute atomic E-state index is 0.0130. The molecule has 0 atom stereocenters. The number of hydrogen-bond donors (Lipinski definition) is 1. The molecule has 0 saturated carbocycles. The smallest absolute Gasteiger partial charge is 0.303 e. The molecule has 0 saturated heterocycles. The zero-order chi connectivity index (χ0) is 25.2. The van der Waals surface area contributed by atoms with E-state index in [-0.39, 0.29) is 12.0 Å². The lowest BCUT2D eigenvalue weighted by atomic mass is 10.0. The van der Waals surface area contributed by atoms with Crippen LogP contribution in [0.5, 0.6) is 0 Å². The van der Waals surface area contributed by atoms with Gasteiger partial charge in [0.25, 0.3) is 5.56 Å². The summed E-state index contributed by atoms with van der Waals surface area (Å²) in [5.41, 5.74) is 0.496. The van der Waals surface area contributed by atoms with Crippen molar-refractivity contribution >= 4 is 16.9 Å². The second-order valence-electron chi connectivity index (χ2n) is 8.65. The Morgan fingerprint density at radius 2 is 1.83 bits per heavy atom. The standard InChI is InChI=1S/C24H23FN6O4/c1-24(2,28-35)20-14-30(29-27-20)17-11-12-18-19(13-17)26-21(5-3-4-6-22(32)33)31(23(18)34)16-9-7-15(25)8-10-16/h7-14H,3-6H2,1-2H3,(H,32,33). The Morgan fingerprint density at radius 1 is 1.11 bits per heavy atom. The van der Waals surface area contributed by atoms with Gasteiger partial charge < -0.3 is 5.11 Å². The third-order valence-electron chi connectivity index (χ3n) is 5.66. The Morgan fingerprint density at radius 3 is 2.51 bits per heavy atom. The Labute approximate surface area is 199 Å². The molecule has 1 N–H and O–H groups in total. The molecular weight excluding hydrogens is 455 g/mol. The molecule has 0 radical (unpaired) electrons. The zero-order valence-corrected chi connectivity index (χ0v) is 19.2. The van der Waals surface area contributed by atoms with Crippen molar-refractivity contribution < 1.29 is 14.3 Å². The molecule has 0 spiro atoms. The first-order valence-corrected chi connectivity index (χ1v) is 11.0. The van der Waals surface area contributed by atoms with Crippen molar-refractivity contribution in [2.45, 2.75) is 45.1 Å². The summed E-state index contributed by atoms with van der Waals surface area (Å²) in [7, 11) is 0. The molecule has 0 bridgehead atoms. The summed E-state index contributed by atoms with van der Waals surface area (Å²) in [4.78, 5) is 40.1. The lowest BCUT2D eigenvalue weighted by Crippen LogP contribution is -2.24. The first-order chi connectivity index (χ1) is 16.7. The van der Waals surface area contributed by atoms with E-state index in [2.05, 4.69) is 15.5 Å². The second-order valence-corrected chi connectivity index (χ2v) is 8.65. The van der Waals surface area contributed by atoms with E-state index in [1.54, 1.807) is 38.2 Å². The summed E-state index contributed by atoms with van der Waals surface area (Å²) >= 11 is 0. The number of fused-ring (bicyclic) bond motifs is 1. The molecule has 0 aliphatic rings. The molecule has 2 heterocycles. The number of unbranched alkanes of at least 4 members (excludes halogenated alkanes) is 1. The molecule has 11 heteroatoms. The fraction of sp³-hybridized carbons (Fsp3) is 0.292. The van der Waals surface area contributed by atoms with Crippen LogP contribution in [0.15, 0.2) is 58.6 Å². The maximum atomic E-state index is 13.5. The minimum atomic E-state index is -1.04. The van der Waals surface area contributed by atoms with Gasteiger partial charge in [0, 0.05) is 12.8 Å². The van der Waals surface area contributed by atoms with E-state index < -0.39 is 17.3 Å². The molecule has 0 amide bonds. The zero-order valence-electron chi connectivity index (χ0n) is 19.2. The fourth-order valence-electron chi connectivity index (χ4n) is 3.66. The molecule has 4 rings (SSSR count). The third-order valence-corrected chi connectivity index (χ3v) is 5.66. The number of carboxylic acid groups (broad SMARTS) is 1. The Hall–Kier alpha value is -4.28. The predicted molar refractivity (Wildman–Crippen MR) is 126 cm³/mol. The van der Waals surface area contributed by atoms with E-state index in [9.17, 15) is 18.9 Å². The SMILES string of the molecule is CC(C)(N=O)c1cn(-c2ccc3c(=O)n(-c4ccc(F)cc4)c(CCCCC(=O)O)nc3c2)nn1. The van der Waals surface area contributed by atoms with Gasteiger partial charge >= 0.3 is 5.97 Å². The second kappa shape index (κ2) is 9.53. The van der Waals surface area contributed by atoms with Crippen LogP contribution in [0.3, 0.4) is 0 Å². The van der Waals surface area contributed by atoms with Gasteiger partial charge in [-0.3, -0.25) is 14.2 Å². The summed E-state index contributed by atoms with van der Waals surface area (Å²) < 4.78 is 16.4. The third kappa shape index (κ3) is 4.98. The average Bonchev–Trinajstić information content (AvgIpc) is 3.34. The van der Waals surface area contributed by atoms with Crippen molar-refractivity contribution in [1.82, 2.24) is 24.5 Å². The number of nitrogens with zero attached hydrogens (tertiary/aromatic N) is 6. The van der Waals surface area contributed by atoms with Crippen LogP contribution in [0.1, 0.15) is 44.6 Å². The van der Waals surface area contributed by atoms with Crippen LogP contribution in [0, 0.1) is 10.7 Å². The highest BCUT2D eigenvalue weighted by molar-refractivity contribution is 5.80. The van der Waals surface area contributed by atoms with Crippen LogP contribution in [0.2, 0.25) is 0 Å². The molecule has 10 nitrogen and oxygen atoms in total. The topological polar surface area (TPSA) is 132 Å². The van der Waals surface area contributed by atoms with Crippen LogP contribution in [0.4, 0.5) is 4.39 Å². The van der Waals surface area contributed by atoms with Gasteiger partial charge in [-0.1, -0.05) is 10.4 Å². The normalized spacial score (nSPS) is 11.6. The largest absolute Gasteiger partial charge is 0.481 e. The minimum Gasteiger partial charge on any atom is -0.481 e. The van der Waals surface area contributed by atoms with Crippen molar-refractivity contribution in [1.29, 1.82) is 0 Å². The number of rotatable bonds is 9. The lowest BCUT2D eigenvalue weighted by Gasteiger charge is -2.14. The number of benzene rings is 2. The van der Waals surface area contributed by atoms with Gasteiger partial charge in [-0.2, -0.15) is 0 Å². The first kappa shape index (κ1) is 23.9. The van der Waals surface area contributed by atoms with Crippen molar-refractivity contribution in [2.24, 2.45) is 5.18 Å². The van der Waals surface area contributed by atoms with Gasteiger partial charge in [-0.05, 0) is 69.2 Å². The maximum absolute atomic E-state index is 13.5. The van der Waals surface area contributed by atoms with E-state index in [1.807, 2.05) is 0 Å². The number of halogens is 1. The monoisotopic (exact) mass is 478 g/mol. The van der Waals surface area contributed by atoms with Gasteiger partial charge in [-0.25, -0.2) is 14.1 Å². The molecule has 2 aromatic carbocycles. The number of carbonyl (C=O) groups is 1. The van der Waals surface area contributed by atoms with E-state index in [0.717, 1.165) is 0 Å². The highest BCUT2D eigenvalue weighted by Gasteiger charge is 2.25. The van der Waals surface area contributed by atoms with Gasteiger partial charge in [-0.15, -0.1) is 10.0 Å². The van der Waals surface area contributed by atoms with E-state index in [0.29, 0.717) is 53.1 Å². The molecule has 0 aliphatic carbocycles. The van der Waals surface area contributed by atoms with Gasteiger partial charge in [0.05, 0.1) is 28.5 Å². The molecule has 0 unspecified atom stereocenters. The molecule has 4 aromatic rings. The Kier molecular flexibility index (Phi) is 6.50. The summed E-state index contributed by atoms with van der Waals surface area (Å²) in [5.74, 6) is -0.886. The van der Waals surface area contributed by atoms with Crippen LogP contribution >= 0.6 is 0 Å². The lowest BCUT2D eigenvalue weighted by molar-refractivity contribution is -0.137. The molecular formula is C24H23FN6O4. The summed E-state index contributed by atoms with van der Waals surface area (Å²) in [5, 5.41) is 20.4. The number of hydrogen-bond acceptors (Lipinski definition) is 7. The van der Waals surface area contributed by atoms with Gasteiger partial charge in [0.1, 0.15) is 22.9 Å². The Balaban J connectivity index is 1.79. The number of aliphatic carboxylic acids is 1. The molecule has 180 valence electrons. The number of carboxylic acids is 1. The maximum Gasteiger partial charge on any atom is 0.303 e. The molecule has 0 aliphatic heterocycles. The van der Waals surface area contributed by atoms with Gasteiger partial charge in [0.2, 0.25) is 0 Å². The van der Waals surface area contributed by atoms with Gasteiger partial charge in [0.15, 0.2) is 0 Å². The summed E-state index contributed by atoms with van der Waals surface area (Å²) in [6.07, 6.45) is 2.89. The van der Waals surface area contributed by atoms with E-state index in [1.165, 1.54) is 33.5 Å². The highest BCUT2D eigenvalue weighted by atomic mass is 19.1. The first-order valence-electron chi connectivity index (χ1n) is 11.0. The van der Waals surface area contributed by atoms with Crippen molar-refractivity contribution in [3.63, 3.8) is 0 Å². The van der Waals surface area contributed by atoms with Crippen LogP contribution in [-0.2, 0) is 16.8 Å². The number of aromatic nitrogens is 5. The number of aryl methyl sites for hydroxylation is 1. The highest BCUT2D eigenvalue weighted by Crippen LogP contribution is 2.23. The Bertz CT molecular complexity index is 1460. The predicted octanol–water partition coefficient (Wildman–Crippen LogP) is 3.90. The van der Waals surface area contributed by atoms with Crippen molar-refractivity contribution in [3.05, 3.63) is 81.3 Å². The summed E-state index contributed by atoms with van der Waals surface area (Å²) in [6.45, 7) is 3.26. The van der Waals surface area contributed by atoms with Crippen LogP contribution in [0.25, 0.3) is 22.3 Å². The van der Waals surface area contributed by atoms with Crippen LogP contribution in [-0.4, -0.2) is 35.6 Å². The summed E-state index contributed by atoms with van der Waals surface area (Å²) in [6, 6.07) is 10.5.